The molecule has 1 aromatic carbocycles. The lowest BCUT2D eigenvalue weighted by atomic mass is 10.1. The molecule has 4 nitrogen and oxygen atoms in total. The largest absolute Gasteiger partial charge is 0.354 e. The van der Waals surface area contributed by atoms with Gasteiger partial charge >= 0.3 is 0 Å². The Hall–Kier alpha value is -1.85. The first-order valence-electron chi connectivity index (χ1n) is 8.81. The molecule has 2 unspecified atom stereocenters. The summed E-state index contributed by atoms with van der Waals surface area (Å²) in [6.45, 7) is 3.04. The van der Waals surface area contributed by atoms with Crippen molar-refractivity contribution in [1.29, 1.82) is 0 Å². The normalized spacial score (nSPS) is 14.4. The number of hydrogen-bond acceptors (Lipinski definition) is 3. The summed E-state index contributed by atoms with van der Waals surface area (Å²) in [5, 5.41) is 9.10. The van der Waals surface area contributed by atoms with Crippen LogP contribution in [0.5, 0.6) is 0 Å². The van der Waals surface area contributed by atoms with Gasteiger partial charge in [0.25, 0.3) is 0 Å². The number of aryl methyl sites for hydroxylation is 1. The van der Waals surface area contributed by atoms with Crippen LogP contribution in [0, 0.1) is 0 Å². The monoisotopic (exact) mass is 358 g/mol. The summed E-state index contributed by atoms with van der Waals surface area (Å²) in [5.74, 6) is 0.865. The second-order valence-electron chi connectivity index (χ2n) is 6.52. The van der Waals surface area contributed by atoms with Crippen LogP contribution in [-0.4, -0.2) is 44.6 Å². The first kappa shape index (κ1) is 19.5. The maximum absolute atomic E-state index is 4.37. The van der Waals surface area contributed by atoms with Crippen molar-refractivity contribution in [2.24, 2.45) is 4.99 Å². The highest BCUT2D eigenvalue weighted by molar-refractivity contribution is 7.10. The highest BCUT2D eigenvalue weighted by Gasteiger charge is 2.16. The summed E-state index contributed by atoms with van der Waals surface area (Å²) in [6.07, 6.45) is 2.15. The van der Waals surface area contributed by atoms with Crippen molar-refractivity contribution in [3.05, 3.63) is 58.3 Å². The number of benzene rings is 1. The lowest BCUT2D eigenvalue weighted by molar-refractivity contribution is 0.302. The van der Waals surface area contributed by atoms with Crippen LogP contribution in [0.4, 0.5) is 0 Å². The van der Waals surface area contributed by atoms with Crippen molar-refractivity contribution in [2.45, 2.75) is 31.8 Å². The molecule has 0 radical (unpaired) electrons. The molecule has 1 aromatic heterocycles. The molecule has 1 heterocycles. The van der Waals surface area contributed by atoms with Gasteiger partial charge in [0.15, 0.2) is 5.96 Å². The fraction of sp³-hybridized carbons (Fsp3) is 0.450. The van der Waals surface area contributed by atoms with Gasteiger partial charge in [-0.2, -0.15) is 0 Å². The highest BCUT2D eigenvalue weighted by atomic mass is 32.1. The van der Waals surface area contributed by atoms with Gasteiger partial charge in [-0.15, -0.1) is 11.3 Å². The number of aliphatic imine (C=N–C) groups is 1. The van der Waals surface area contributed by atoms with Crippen molar-refractivity contribution in [1.82, 2.24) is 15.5 Å². The first-order chi connectivity index (χ1) is 12.1. The molecule has 0 saturated heterocycles. The molecule has 0 aliphatic heterocycles. The van der Waals surface area contributed by atoms with E-state index in [1.807, 2.05) is 7.05 Å². The molecular formula is C20H30N4S. The number of hydrogen-bond donors (Lipinski definition) is 2. The molecule has 0 amide bonds. The maximum Gasteiger partial charge on any atom is 0.191 e. The summed E-state index contributed by atoms with van der Waals surface area (Å²) in [5.41, 5.74) is 1.38. The van der Waals surface area contributed by atoms with Gasteiger partial charge in [-0.3, -0.25) is 4.99 Å². The fourth-order valence-corrected chi connectivity index (χ4v) is 3.66. The molecule has 0 saturated carbocycles. The number of nitrogens with zero attached hydrogens (tertiary/aromatic N) is 2. The summed E-state index contributed by atoms with van der Waals surface area (Å²) < 4.78 is 0. The standard InChI is InChI=1S/C20H30N4S/c1-16(12-13-17-9-6-5-7-10-17)23-20(21-2)22-15-18(24(3)4)19-11-8-14-25-19/h5-11,14,16,18H,12-13,15H2,1-4H3,(H2,21,22,23). The molecule has 2 atom stereocenters. The zero-order valence-electron chi connectivity index (χ0n) is 15.7. The van der Waals surface area contributed by atoms with Crippen LogP contribution in [-0.2, 0) is 6.42 Å². The van der Waals surface area contributed by atoms with Crippen molar-refractivity contribution in [3.8, 4) is 0 Å². The lowest BCUT2D eigenvalue weighted by Crippen LogP contribution is -2.45. The van der Waals surface area contributed by atoms with Gasteiger partial charge < -0.3 is 15.5 Å². The molecule has 0 aliphatic carbocycles. The van der Waals surface area contributed by atoms with Crippen molar-refractivity contribution in [3.63, 3.8) is 0 Å². The van der Waals surface area contributed by atoms with Crippen LogP contribution >= 0.6 is 11.3 Å². The van der Waals surface area contributed by atoms with E-state index in [9.17, 15) is 0 Å². The number of nitrogens with one attached hydrogen (secondary N) is 2. The molecule has 0 aliphatic rings. The maximum atomic E-state index is 4.37. The Kier molecular flexibility index (Phi) is 7.95. The second kappa shape index (κ2) is 10.2. The third-order valence-corrected chi connectivity index (χ3v) is 5.25. The molecule has 2 rings (SSSR count). The van der Waals surface area contributed by atoms with Gasteiger partial charge in [-0.1, -0.05) is 36.4 Å². The number of thiophene rings is 1. The van der Waals surface area contributed by atoms with E-state index in [0.717, 1.165) is 25.3 Å². The van der Waals surface area contributed by atoms with E-state index in [0.29, 0.717) is 12.1 Å². The van der Waals surface area contributed by atoms with E-state index >= 15 is 0 Å². The average Bonchev–Trinajstić information content (AvgIpc) is 3.14. The molecule has 25 heavy (non-hydrogen) atoms. The minimum atomic E-state index is 0.346. The Morgan fingerprint density at radius 2 is 1.92 bits per heavy atom. The van der Waals surface area contributed by atoms with Crippen molar-refractivity contribution in [2.75, 3.05) is 27.7 Å². The molecule has 0 bridgehead atoms. The molecule has 0 spiro atoms. The number of rotatable bonds is 8. The van der Waals surface area contributed by atoms with Crippen LogP contribution in [0.1, 0.15) is 29.8 Å². The Labute approximate surface area is 156 Å². The molecule has 0 fully saturated rings. The summed E-state index contributed by atoms with van der Waals surface area (Å²) in [4.78, 5) is 7.98. The number of likely N-dealkylation sites (N-methyl/N-ethyl adjacent to an activating group) is 1. The van der Waals surface area contributed by atoms with E-state index in [4.69, 9.17) is 0 Å². The molecule has 5 heteroatoms. The van der Waals surface area contributed by atoms with Gasteiger partial charge in [-0.25, -0.2) is 0 Å². The van der Waals surface area contributed by atoms with E-state index in [1.165, 1.54) is 10.4 Å². The van der Waals surface area contributed by atoms with Crippen LogP contribution in [0.2, 0.25) is 0 Å². The van der Waals surface area contributed by atoms with Gasteiger partial charge in [-0.05, 0) is 50.9 Å². The van der Waals surface area contributed by atoms with Crippen molar-refractivity contribution < 1.29 is 0 Å². The predicted octanol–water partition coefficient (Wildman–Crippen LogP) is 3.54. The van der Waals surface area contributed by atoms with Gasteiger partial charge in [0.05, 0.1) is 6.04 Å². The van der Waals surface area contributed by atoms with Crippen LogP contribution < -0.4 is 10.6 Å². The summed E-state index contributed by atoms with van der Waals surface area (Å²) in [7, 11) is 6.06. The Bertz CT molecular complexity index is 622. The average molecular weight is 359 g/mol. The number of guanidine groups is 1. The SMILES string of the molecule is CN=C(NCC(c1cccs1)N(C)C)NC(C)CCc1ccccc1. The predicted molar refractivity (Wildman–Crippen MR) is 109 cm³/mol. The lowest BCUT2D eigenvalue weighted by Gasteiger charge is -2.25. The quantitative estimate of drug-likeness (QED) is 0.560. The molecular weight excluding hydrogens is 328 g/mol. The highest BCUT2D eigenvalue weighted by Crippen LogP contribution is 2.22. The topological polar surface area (TPSA) is 39.7 Å². The minimum absolute atomic E-state index is 0.346. The molecule has 136 valence electrons. The van der Waals surface area contributed by atoms with Gasteiger partial charge in [0.2, 0.25) is 0 Å². The Morgan fingerprint density at radius 1 is 1.16 bits per heavy atom. The smallest absolute Gasteiger partial charge is 0.191 e. The Morgan fingerprint density at radius 3 is 2.52 bits per heavy atom. The van der Waals surface area contributed by atoms with E-state index < -0.39 is 0 Å². The zero-order chi connectivity index (χ0) is 18.1. The zero-order valence-corrected chi connectivity index (χ0v) is 16.5. The van der Waals surface area contributed by atoms with Crippen LogP contribution in [0.3, 0.4) is 0 Å². The molecule has 2 N–H and O–H groups in total. The van der Waals surface area contributed by atoms with Crippen molar-refractivity contribution >= 4 is 17.3 Å². The first-order valence-corrected chi connectivity index (χ1v) is 9.69. The third kappa shape index (κ3) is 6.52. The van der Waals surface area contributed by atoms with E-state index in [2.05, 4.69) is 89.4 Å². The van der Waals surface area contributed by atoms with E-state index in [-0.39, 0.29) is 0 Å². The Balaban J connectivity index is 1.81. The minimum Gasteiger partial charge on any atom is -0.354 e. The van der Waals surface area contributed by atoms with E-state index in [1.54, 1.807) is 11.3 Å². The summed E-state index contributed by atoms with van der Waals surface area (Å²) >= 11 is 1.80. The fourth-order valence-electron chi connectivity index (χ4n) is 2.74. The van der Waals surface area contributed by atoms with Crippen LogP contribution in [0.25, 0.3) is 0 Å². The second-order valence-corrected chi connectivity index (χ2v) is 7.50. The third-order valence-electron chi connectivity index (χ3n) is 4.27. The van der Waals surface area contributed by atoms with Crippen LogP contribution in [0.15, 0.2) is 52.8 Å². The van der Waals surface area contributed by atoms with Gasteiger partial charge in [0.1, 0.15) is 0 Å². The molecule has 2 aromatic rings. The summed E-state index contributed by atoms with van der Waals surface area (Å²) in [6, 6.07) is 15.6. The van der Waals surface area contributed by atoms with Gasteiger partial charge in [0, 0.05) is 24.5 Å².